The number of benzene rings is 2. The zero-order valence-corrected chi connectivity index (χ0v) is 16.9. The standard InChI is InChI=1S/C19H19BrF3NO2S/c20-15-2-5-17(6-3-15)27(25,26)19(23)8-11-24(12-9-19)10-7-14-1-4-16(21)13-18(14)22/h1-6,13H,7-12H2. The van der Waals surface area contributed by atoms with Crippen LogP contribution >= 0.6 is 15.9 Å². The van der Waals surface area contributed by atoms with E-state index in [0.29, 0.717) is 18.5 Å². The van der Waals surface area contributed by atoms with Crippen LogP contribution in [0.2, 0.25) is 0 Å². The number of likely N-dealkylation sites (tertiary alicyclic amines) is 1. The second-order valence-corrected chi connectivity index (χ2v) is 9.79. The summed E-state index contributed by atoms with van der Waals surface area (Å²) in [5, 5.41) is -2.31. The van der Waals surface area contributed by atoms with Crippen molar-refractivity contribution in [2.24, 2.45) is 0 Å². The SMILES string of the molecule is O=S(=O)(c1ccc(Br)cc1)C1(F)CCN(CCc2ccc(F)cc2F)CC1. The summed E-state index contributed by atoms with van der Waals surface area (Å²) >= 11 is 3.23. The molecule has 0 aromatic heterocycles. The van der Waals surface area contributed by atoms with Crippen LogP contribution in [0.3, 0.4) is 0 Å². The first-order valence-corrected chi connectivity index (χ1v) is 10.8. The largest absolute Gasteiger partial charge is 0.303 e. The Balaban J connectivity index is 1.62. The van der Waals surface area contributed by atoms with Gasteiger partial charge in [-0.1, -0.05) is 22.0 Å². The quantitative estimate of drug-likeness (QED) is 0.657. The normalized spacial score (nSPS) is 17.8. The van der Waals surface area contributed by atoms with E-state index in [-0.39, 0.29) is 30.8 Å². The third-order valence-electron chi connectivity index (χ3n) is 4.92. The topological polar surface area (TPSA) is 37.4 Å². The van der Waals surface area contributed by atoms with Crippen LogP contribution in [0.15, 0.2) is 51.8 Å². The Kier molecular flexibility index (Phi) is 5.98. The van der Waals surface area contributed by atoms with Gasteiger partial charge in [-0.3, -0.25) is 0 Å². The Morgan fingerprint density at radius 1 is 1.04 bits per heavy atom. The zero-order valence-electron chi connectivity index (χ0n) is 14.5. The Labute approximate surface area is 165 Å². The molecule has 1 aliphatic heterocycles. The lowest BCUT2D eigenvalue weighted by Crippen LogP contribution is -2.46. The number of nitrogens with zero attached hydrogens (tertiary/aromatic N) is 1. The Hall–Kier alpha value is -1.38. The van der Waals surface area contributed by atoms with Crippen molar-refractivity contribution in [3.05, 3.63) is 64.1 Å². The molecule has 0 unspecified atom stereocenters. The van der Waals surface area contributed by atoms with Gasteiger partial charge in [0.1, 0.15) is 11.6 Å². The van der Waals surface area contributed by atoms with Gasteiger partial charge in [-0.2, -0.15) is 0 Å². The van der Waals surface area contributed by atoms with Gasteiger partial charge < -0.3 is 4.90 Å². The smallest absolute Gasteiger partial charge is 0.217 e. The molecular formula is C19H19BrF3NO2S. The first-order valence-electron chi connectivity index (χ1n) is 8.57. The molecule has 2 aromatic carbocycles. The highest BCUT2D eigenvalue weighted by molar-refractivity contribution is 9.10. The average Bonchev–Trinajstić information content (AvgIpc) is 2.63. The average molecular weight is 462 g/mol. The van der Waals surface area contributed by atoms with E-state index in [0.717, 1.165) is 10.5 Å². The summed E-state index contributed by atoms with van der Waals surface area (Å²) in [5.41, 5.74) is 0.385. The van der Waals surface area contributed by atoms with Crippen LogP contribution in [0.4, 0.5) is 13.2 Å². The Morgan fingerprint density at radius 3 is 2.26 bits per heavy atom. The van der Waals surface area contributed by atoms with Crippen molar-refractivity contribution < 1.29 is 21.6 Å². The third kappa shape index (κ3) is 4.38. The summed E-state index contributed by atoms with van der Waals surface area (Å²) < 4.78 is 68.0. The lowest BCUT2D eigenvalue weighted by Gasteiger charge is -2.36. The highest BCUT2D eigenvalue weighted by atomic mass is 79.9. The number of hydrogen-bond acceptors (Lipinski definition) is 3. The second-order valence-electron chi connectivity index (χ2n) is 6.67. The molecule has 0 spiro atoms. The molecule has 1 saturated heterocycles. The van der Waals surface area contributed by atoms with Crippen LogP contribution in [0.1, 0.15) is 18.4 Å². The molecule has 3 rings (SSSR count). The van der Waals surface area contributed by atoms with Crippen LogP contribution in [-0.2, 0) is 16.3 Å². The lowest BCUT2D eigenvalue weighted by atomic mass is 10.1. The zero-order chi connectivity index (χ0) is 19.7. The fraction of sp³-hybridized carbons (Fsp3) is 0.368. The molecule has 0 N–H and O–H groups in total. The maximum atomic E-state index is 15.3. The predicted octanol–water partition coefficient (Wildman–Crippen LogP) is 4.51. The molecule has 8 heteroatoms. The maximum absolute atomic E-state index is 15.3. The fourth-order valence-corrected chi connectivity index (χ4v) is 5.11. The minimum absolute atomic E-state index is 0.0324. The lowest BCUT2D eigenvalue weighted by molar-refractivity contribution is 0.120. The van der Waals surface area contributed by atoms with Crippen molar-refractivity contribution in [2.45, 2.75) is 29.2 Å². The first-order chi connectivity index (χ1) is 12.7. The van der Waals surface area contributed by atoms with Gasteiger partial charge in [0.2, 0.25) is 14.8 Å². The number of hydrogen-bond donors (Lipinski definition) is 0. The highest BCUT2D eigenvalue weighted by Crippen LogP contribution is 2.37. The number of halogens is 4. The van der Waals surface area contributed by atoms with Crippen molar-refractivity contribution >= 4 is 25.8 Å². The molecule has 2 aromatic rings. The molecule has 0 aliphatic carbocycles. The van der Waals surface area contributed by atoms with Crippen molar-refractivity contribution in [3.63, 3.8) is 0 Å². The Bertz CT molecular complexity index is 911. The van der Waals surface area contributed by atoms with Crippen LogP contribution in [0.5, 0.6) is 0 Å². The molecule has 146 valence electrons. The monoisotopic (exact) mass is 461 g/mol. The molecule has 1 fully saturated rings. The first kappa shape index (κ1) is 20.4. The summed E-state index contributed by atoms with van der Waals surface area (Å²) in [6.07, 6.45) is 0.0689. The van der Waals surface area contributed by atoms with E-state index in [2.05, 4.69) is 15.9 Å². The molecule has 0 amide bonds. The van der Waals surface area contributed by atoms with Gasteiger partial charge in [0.05, 0.1) is 4.90 Å². The summed E-state index contributed by atoms with van der Waals surface area (Å²) in [7, 11) is -4.10. The summed E-state index contributed by atoms with van der Waals surface area (Å²) in [6, 6.07) is 9.36. The van der Waals surface area contributed by atoms with E-state index in [1.165, 1.54) is 24.3 Å². The molecule has 0 saturated carbocycles. The summed E-state index contributed by atoms with van der Waals surface area (Å²) in [4.78, 5) is 1.87. The minimum atomic E-state index is -4.10. The van der Waals surface area contributed by atoms with Crippen LogP contribution in [0, 0.1) is 11.6 Å². The predicted molar refractivity (Wildman–Crippen MR) is 101 cm³/mol. The number of alkyl halides is 1. The van der Waals surface area contributed by atoms with Crippen LogP contribution in [-0.4, -0.2) is 38.0 Å². The minimum Gasteiger partial charge on any atom is -0.303 e. The van der Waals surface area contributed by atoms with Crippen LogP contribution in [0.25, 0.3) is 0 Å². The van der Waals surface area contributed by atoms with Gasteiger partial charge in [0.25, 0.3) is 0 Å². The molecular weight excluding hydrogens is 443 g/mol. The molecule has 27 heavy (non-hydrogen) atoms. The number of sulfone groups is 1. The highest BCUT2D eigenvalue weighted by Gasteiger charge is 2.47. The molecule has 0 atom stereocenters. The molecule has 3 nitrogen and oxygen atoms in total. The number of piperidine rings is 1. The van der Waals surface area contributed by atoms with E-state index >= 15 is 4.39 Å². The Morgan fingerprint density at radius 2 is 1.67 bits per heavy atom. The van der Waals surface area contributed by atoms with Crippen LogP contribution < -0.4 is 0 Å². The van der Waals surface area contributed by atoms with Crippen molar-refractivity contribution in [3.8, 4) is 0 Å². The molecule has 1 heterocycles. The third-order valence-corrected chi connectivity index (χ3v) is 7.71. The second kappa shape index (κ2) is 7.93. The van der Waals surface area contributed by atoms with Gasteiger partial charge in [-0.15, -0.1) is 0 Å². The van der Waals surface area contributed by atoms with Gasteiger partial charge in [-0.25, -0.2) is 21.6 Å². The van der Waals surface area contributed by atoms with E-state index in [1.807, 2.05) is 4.90 Å². The van der Waals surface area contributed by atoms with E-state index in [9.17, 15) is 17.2 Å². The number of rotatable bonds is 5. The molecule has 0 radical (unpaired) electrons. The van der Waals surface area contributed by atoms with Crippen molar-refractivity contribution in [2.75, 3.05) is 19.6 Å². The van der Waals surface area contributed by atoms with Crippen molar-refractivity contribution in [1.82, 2.24) is 4.90 Å². The summed E-state index contributed by atoms with van der Waals surface area (Å²) in [5.74, 6) is -1.24. The van der Waals surface area contributed by atoms with Gasteiger partial charge in [0, 0.05) is 43.0 Å². The van der Waals surface area contributed by atoms with Gasteiger partial charge in [-0.05, 0) is 42.3 Å². The van der Waals surface area contributed by atoms with Gasteiger partial charge >= 0.3 is 0 Å². The summed E-state index contributed by atoms with van der Waals surface area (Å²) in [6.45, 7) is 0.973. The van der Waals surface area contributed by atoms with Crippen molar-refractivity contribution in [1.29, 1.82) is 0 Å². The molecule has 1 aliphatic rings. The maximum Gasteiger partial charge on any atom is 0.217 e. The van der Waals surface area contributed by atoms with E-state index in [4.69, 9.17) is 0 Å². The molecule has 0 bridgehead atoms. The van der Waals surface area contributed by atoms with Gasteiger partial charge in [0.15, 0.2) is 0 Å². The van der Waals surface area contributed by atoms with E-state index in [1.54, 1.807) is 12.1 Å². The fourth-order valence-electron chi connectivity index (χ4n) is 3.21. The van der Waals surface area contributed by atoms with E-state index < -0.39 is 26.5 Å².